The lowest BCUT2D eigenvalue weighted by Crippen LogP contribution is -2.38. The van der Waals surface area contributed by atoms with Crippen LogP contribution in [0.4, 0.5) is 0 Å². The molecule has 2 saturated carbocycles. The Kier molecular flexibility index (Phi) is 4.66. The van der Waals surface area contributed by atoms with Gasteiger partial charge in [-0.25, -0.2) is 0 Å². The summed E-state index contributed by atoms with van der Waals surface area (Å²) in [5.41, 5.74) is 0.768. The van der Waals surface area contributed by atoms with Gasteiger partial charge in [0.05, 0.1) is 11.7 Å². The lowest BCUT2D eigenvalue weighted by molar-refractivity contribution is -0.0541. The van der Waals surface area contributed by atoms with Gasteiger partial charge in [0.2, 0.25) is 0 Å². The van der Waals surface area contributed by atoms with E-state index in [0.717, 1.165) is 18.4 Å². The van der Waals surface area contributed by atoms with Crippen LogP contribution in [-0.4, -0.2) is 24.8 Å². The highest BCUT2D eigenvalue weighted by Gasteiger charge is 2.47. The molecule has 122 valence electrons. The average Bonchev–Trinajstić information content (AvgIpc) is 3.09. The molecule has 0 aromatic heterocycles. The van der Waals surface area contributed by atoms with Crippen molar-refractivity contribution in [3.05, 3.63) is 0 Å². The number of nitrogens with one attached hydrogen (secondary N) is 1. The molecule has 1 spiro atoms. The Bertz CT molecular complexity index is 343. The summed E-state index contributed by atoms with van der Waals surface area (Å²) in [6.07, 6.45) is 12.8. The molecule has 3 aliphatic rings. The Morgan fingerprint density at radius 2 is 1.86 bits per heavy atom. The zero-order chi connectivity index (χ0) is 14.9. The van der Waals surface area contributed by atoms with Crippen LogP contribution in [-0.2, 0) is 4.74 Å². The van der Waals surface area contributed by atoms with Gasteiger partial charge in [-0.15, -0.1) is 0 Å². The fraction of sp³-hybridized carbons (Fsp3) is 1.00. The van der Waals surface area contributed by atoms with Crippen molar-refractivity contribution in [2.24, 2.45) is 17.3 Å². The third-order valence-corrected chi connectivity index (χ3v) is 6.19. The number of hydrogen-bond acceptors (Lipinski definition) is 2. The molecular weight excluding hydrogens is 258 g/mol. The molecule has 2 aliphatic carbocycles. The van der Waals surface area contributed by atoms with Gasteiger partial charge < -0.3 is 10.1 Å². The van der Waals surface area contributed by atoms with Crippen LogP contribution in [0.25, 0.3) is 0 Å². The fourth-order valence-corrected chi connectivity index (χ4v) is 4.76. The second-order valence-corrected chi connectivity index (χ2v) is 8.83. The molecular formula is C19H35NO. The first-order chi connectivity index (χ1) is 10.0. The SMILES string of the molecule is CC(C)CNCC(C)(CC1CCC2(CCCC2)O1)C1CC1. The van der Waals surface area contributed by atoms with E-state index in [-0.39, 0.29) is 0 Å². The van der Waals surface area contributed by atoms with Crippen molar-refractivity contribution >= 4 is 0 Å². The van der Waals surface area contributed by atoms with E-state index in [1.807, 2.05) is 0 Å². The monoisotopic (exact) mass is 293 g/mol. The predicted octanol–water partition coefficient (Wildman–Crippen LogP) is 4.53. The highest BCUT2D eigenvalue weighted by atomic mass is 16.5. The van der Waals surface area contributed by atoms with Crippen LogP contribution >= 0.6 is 0 Å². The van der Waals surface area contributed by atoms with E-state index in [1.54, 1.807) is 0 Å². The minimum absolute atomic E-state index is 0.306. The molecule has 0 amide bonds. The van der Waals surface area contributed by atoms with Gasteiger partial charge in [0.15, 0.2) is 0 Å². The van der Waals surface area contributed by atoms with Gasteiger partial charge in [-0.05, 0) is 68.7 Å². The van der Waals surface area contributed by atoms with Crippen molar-refractivity contribution in [1.82, 2.24) is 5.32 Å². The first kappa shape index (κ1) is 15.8. The zero-order valence-electron chi connectivity index (χ0n) is 14.4. The molecule has 1 saturated heterocycles. The molecule has 1 aliphatic heterocycles. The van der Waals surface area contributed by atoms with Crippen molar-refractivity contribution < 1.29 is 4.74 Å². The summed E-state index contributed by atoms with van der Waals surface area (Å²) in [5, 5.41) is 3.73. The van der Waals surface area contributed by atoms with Gasteiger partial charge in [0.1, 0.15) is 0 Å². The molecule has 1 heterocycles. The first-order valence-corrected chi connectivity index (χ1v) is 9.40. The Morgan fingerprint density at radius 3 is 2.48 bits per heavy atom. The van der Waals surface area contributed by atoms with Gasteiger partial charge in [-0.3, -0.25) is 0 Å². The van der Waals surface area contributed by atoms with Crippen molar-refractivity contribution in [2.75, 3.05) is 13.1 Å². The smallest absolute Gasteiger partial charge is 0.0687 e. The highest BCUT2D eigenvalue weighted by Crippen LogP contribution is 2.51. The van der Waals surface area contributed by atoms with Crippen molar-refractivity contribution in [1.29, 1.82) is 0 Å². The lowest BCUT2D eigenvalue weighted by atomic mass is 9.78. The molecule has 0 aromatic carbocycles. The van der Waals surface area contributed by atoms with Crippen LogP contribution in [0.2, 0.25) is 0 Å². The molecule has 1 N–H and O–H groups in total. The van der Waals surface area contributed by atoms with E-state index in [1.165, 1.54) is 64.3 Å². The summed E-state index contributed by atoms with van der Waals surface area (Å²) < 4.78 is 6.58. The molecule has 2 unspecified atom stereocenters. The summed E-state index contributed by atoms with van der Waals surface area (Å²) >= 11 is 0. The maximum atomic E-state index is 6.58. The van der Waals surface area contributed by atoms with Gasteiger partial charge in [0.25, 0.3) is 0 Å². The molecule has 0 radical (unpaired) electrons. The third kappa shape index (κ3) is 3.82. The van der Waals surface area contributed by atoms with Crippen LogP contribution in [0.15, 0.2) is 0 Å². The minimum Gasteiger partial charge on any atom is -0.372 e. The molecule has 2 atom stereocenters. The van der Waals surface area contributed by atoms with Crippen LogP contribution < -0.4 is 5.32 Å². The molecule has 0 bridgehead atoms. The van der Waals surface area contributed by atoms with Gasteiger partial charge >= 0.3 is 0 Å². The summed E-state index contributed by atoms with van der Waals surface area (Å²) in [6, 6.07) is 0. The molecule has 3 fully saturated rings. The molecule has 0 aromatic rings. The maximum absolute atomic E-state index is 6.58. The zero-order valence-corrected chi connectivity index (χ0v) is 14.4. The van der Waals surface area contributed by atoms with E-state index in [4.69, 9.17) is 4.74 Å². The van der Waals surface area contributed by atoms with E-state index < -0.39 is 0 Å². The molecule has 21 heavy (non-hydrogen) atoms. The van der Waals surface area contributed by atoms with Crippen molar-refractivity contribution in [3.63, 3.8) is 0 Å². The number of rotatable bonds is 7. The highest BCUT2D eigenvalue weighted by molar-refractivity contribution is 4.98. The quantitative estimate of drug-likeness (QED) is 0.744. The Balaban J connectivity index is 1.53. The molecule has 2 nitrogen and oxygen atoms in total. The standard InChI is InChI=1S/C19H35NO/c1-15(2)13-20-14-18(3,16-6-7-16)12-17-8-11-19(21-17)9-4-5-10-19/h15-17,20H,4-14H2,1-3H3. The van der Waals surface area contributed by atoms with Crippen LogP contribution in [0, 0.1) is 17.3 Å². The fourth-order valence-electron chi connectivity index (χ4n) is 4.76. The number of ether oxygens (including phenoxy) is 1. The normalized spacial score (nSPS) is 31.1. The lowest BCUT2D eigenvalue weighted by Gasteiger charge is -2.34. The molecule has 3 rings (SSSR count). The second kappa shape index (κ2) is 6.20. The van der Waals surface area contributed by atoms with Crippen LogP contribution in [0.5, 0.6) is 0 Å². The number of hydrogen-bond donors (Lipinski definition) is 1. The van der Waals surface area contributed by atoms with Crippen molar-refractivity contribution in [2.45, 2.75) is 90.3 Å². The van der Waals surface area contributed by atoms with Gasteiger partial charge in [0, 0.05) is 6.54 Å². The topological polar surface area (TPSA) is 21.3 Å². The maximum Gasteiger partial charge on any atom is 0.0687 e. The predicted molar refractivity (Wildman–Crippen MR) is 88.5 cm³/mol. The third-order valence-electron chi connectivity index (χ3n) is 6.19. The van der Waals surface area contributed by atoms with Crippen LogP contribution in [0.3, 0.4) is 0 Å². The second-order valence-electron chi connectivity index (χ2n) is 8.83. The summed E-state index contributed by atoms with van der Waals surface area (Å²) in [4.78, 5) is 0. The van der Waals surface area contributed by atoms with Crippen molar-refractivity contribution in [3.8, 4) is 0 Å². The summed E-state index contributed by atoms with van der Waals surface area (Å²) in [7, 11) is 0. The first-order valence-electron chi connectivity index (χ1n) is 9.40. The summed E-state index contributed by atoms with van der Waals surface area (Å²) in [5.74, 6) is 1.69. The largest absolute Gasteiger partial charge is 0.372 e. The average molecular weight is 293 g/mol. The Morgan fingerprint density at radius 1 is 1.14 bits per heavy atom. The summed E-state index contributed by atoms with van der Waals surface area (Å²) in [6.45, 7) is 9.44. The van der Waals surface area contributed by atoms with E-state index >= 15 is 0 Å². The van der Waals surface area contributed by atoms with Crippen LogP contribution in [0.1, 0.15) is 78.6 Å². The van der Waals surface area contributed by atoms with Gasteiger partial charge in [-0.2, -0.15) is 0 Å². The Hall–Kier alpha value is -0.0800. The van der Waals surface area contributed by atoms with E-state index in [0.29, 0.717) is 17.1 Å². The van der Waals surface area contributed by atoms with E-state index in [9.17, 15) is 0 Å². The minimum atomic E-state index is 0.306. The van der Waals surface area contributed by atoms with E-state index in [2.05, 4.69) is 26.1 Å². The van der Waals surface area contributed by atoms with Gasteiger partial charge in [-0.1, -0.05) is 33.6 Å². The molecule has 2 heteroatoms. The Labute approximate surface area is 131 Å².